The number of carbonyl (C=O) groups excluding carboxylic acids is 1. The topological polar surface area (TPSA) is 67.2 Å². The number of amides is 1. The van der Waals surface area contributed by atoms with E-state index in [1.54, 1.807) is 25.2 Å². The number of hydrogen-bond acceptors (Lipinski definition) is 4. The van der Waals surface area contributed by atoms with Gasteiger partial charge in [0, 0.05) is 25.0 Å². The third kappa shape index (κ3) is 3.58. The van der Waals surface area contributed by atoms with Crippen LogP contribution < -0.4 is 10.9 Å². The fourth-order valence-corrected chi connectivity index (χ4v) is 3.61. The van der Waals surface area contributed by atoms with E-state index in [0.717, 1.165) is 13.1 Å². The molecule has 1 atom stereocenters. The second-order valence-electron chi connectivity index (χ2n) is 7.09. The van der Waals surface area contributed by atoms with Crippen LogP contribution in [0.1, 0.15) is 37.2 Å². The normalized spacial score (nSPS) is 16.5. The predicted molar refractivity (Wildman–Crippen MR) is 98.8 cm³/mol. The zero-order chi connectivity index (χ0) is 18.0. The molecule has 1 N–H and O–H groups in total. The highest BCUT2D eigenvalue weighted by molar-refractivity contribution is 6.04. The lowest BCUT2D eigenvalue weighted by Gasteiger charge is -2.31. The molecule has 134 valence electrons. The summed E-state index contributed by atoms with van der Waals surface area (Å²) in [6.07, 6.45) is 2.45. The van der Waals surface area contributed by atoms with Gasteiger partial charge in [0.15, 0.2) is 5.69 Å². The molecule has 0 spiro atoms. The number of fused-ring (bicyclic) bond motifs is 1. The van der Waals surface area contributed by atoms with Crippen molar-refractivity contribution in [3.63, 3.8) is 0 Å². The molecule has 1 aromatic heterocycles. The van der Waals surface area contributed by atoms with Crippen molar-refractivity contribution in [3.05, 3.63) is 40.3 Å². The van der Waals surface area contributed by atoms with E-state index in [0.29, 0.717) is 35.0 Å². The lowest BCUT2D eigenvalue weighted by atomic mass is 10.0. The highest BCUT2D eigenvalue weighted by atomic mass is 16.2. The van der Waals surface area contributed by atoms with Crippen LogP contribution in [0, 0.1) is 5.92 Å². The molecule has 1 aliphatic heterocycles. The minimum absolute atomic E-state index is 0.190. The van der Waals surface area contributed by atoms with Crippen LogP contribution in [0.4, 0.5) is 0 Å². The zero-order valence-corrected chi connectivity index (χ0v) is 15.2. The molecule has 0 aliphatic carbocycles. The largest absolute Gasteiger partial charge is 0.349 e. The van der Waals surface area contributed by atoms with E-state index in [-0.39, 0.29) is 11.5 Å². The SMILES string of the molecule is CC(C)[C@@H](CNC(=O)c1nn(C)c(=O)c2ccccc12)N1CCCC1. The molecule has 2 aromatic rings. The average Bonchev–Trinajstić information content (AvgIpc) is 3.12. The first-order valence-corrected chi connectivity index (χ1v) is 8.97. The Morgan fingerprint density at radius 2 is 1.84 bits per heavy atom. The van der Waals surface area contributed by atoms with E-state index in [4.69, 9.17) is 0 Å². The summed E-state index contributed by atoms with van der Waals surface area (Å²) in [4.78, 5) is 27.4. The Bertz CT molecular complexity index is 822. The van der Waals surface area contributed by atoms with Crippen LogP contribution >= 0.6 is 0 Å². The van der Waals surface area contributed by atoms with Crippen molar-refractivity contribution >= 4 is 16.7 Å². The fraction of sp³-hybridized carbons (Fsp3) is 0.526. The van der Waals surface area contributed by atoms with Gasteiger partial charge >= 0.3 is 0 Å². The monoisotopic (exact) mass is 342 g/mol. The minimum atomic E-state index is -0.225. The van der Waals surface area contributed by atoms with Gasteiger partial charge < -0.3 is 5.32 Å². The molecule has 1 saturated heterocycles. The second kappa shape index (κ2) is 7.35. The molecule has 6 heteroatoms. The molecule has 0 saturated carbocycles. The van der Waals surface area contributed by atoms with Crippen LogP contribution in [0.5, 0.6) is 0 Å². The molecule has 2 heterocycles. The van der Waals surface area contributed by atoms with Gasteiger partial charge in [0.05, 0.1) is 5.39 Å². The molecule has 0 unspecified atom stereocenters. The van der Waals surface area contributed by atoms with Crippen LogP contribution in [-0.4, -0.2) is 46.3 Å². The predicted octanol–water partition coefficient (Wildman–Crippen LogP) is 1.78. The standard InChI is InChI=1S/C19H26N4O2/c1-13(2)16(23-10-6-7-11-23)12-20-18(24)17-14-8-4-5-9-15(14)19(25)22(3)21-17/h4-5,8-9,13,16H,6-7,10-12H2,1-3H3,(H,20,24)/t16-/m1/s1. The van der Waals surface area contributed by atoms with E-state index in [1.165, 1.54) is 17.5 Å². The van der Waals surface area contributed by atoms with Gasteiger partial charge in [-0.15, -0.1) is 0 Å². The number of aromatic nitrogens is 2. The van der Waals surface area contributed by atoms with Gasteiger partial charge in [-0.3, -0.25) is 14.5 Å². The molecule has 1 fully saturated rings. The summed E-state index contributed by atoms with van der Waals surface area (Å²) >= 11 is 0. The Balaban J connectivity index is 1.82. The first-order valence-electron chi connectivity index (χ1n) is 8.97. The zero-order valence-electron chi connectivity index (χ0n) is 15.2. The van der Waals surface area contributed by atoms with Crippen molar-refractivity contribution in [2.45, 2.75) is 32.7 Å². The first-order chi connectivity index (χ1) is 12.0. The Hall–Kier alpha value is -2.21. The van der Waals surface area contributed by atoms with Crippen LogP contribution in [0.15, 0.2) is 29.1 Å². The fourth-order valence-electron chi connectivity index (χ4n) is 3.61. The maximum Gasteiger partial charge on any atom is 0.274 e. The van der Waals surface area contributed by atoms with Crippen molar-refractivity contribution < 1.29 is 4.79 Å². The molecule has 0 radical (unpaired) electrons. The van der Waals surface area contributed by atoms with E-state index in [2.05, 4.69) is 29.2 Å². The van der Waals surface area contributed by atoms with Crippen molar-refractivity contribution in [2.24, 2.45) is 13.0 Å². The van der Waals surface area contributed by atoms with Crippen LogP contribution in [0.2, 0.25) is 0 Å². The maximum atomic E-state index is 12.8. The van der Waals surface area contributed by atoms with E-state index < -0.39 is 0 Å². The molecular formula is C19H26N4O2. The van der Waals surface area contributed by atoms with Crippen molar-refractivity contribution in [2.75, 3.05) is 19.6 Å². The second-order valence-corrected chi connectivity index (χ2v) is 7.09. The average molecular weight is 342 g/mol. The molecule has 0 bridgehead atoms. The third-order valence-electron chi connectivity index (χ3n) is 5.02. The summed E-state index contributed by atoms with van der Waals surface area (Å²) < 4.78 is 1.23. The van der Waals surface area contributed by atoms with Gasteiger partial charge in [-0.2, -0.15) is 5.10 Å². The molecule has 3 rings (SSSR count). The van der Waals surface area contributed by atoms with Gasteiger partial charge in [-0.25, -0.2) is 4.68 Å². The lowest BCUT2D eigenvalue weighted by molar-refractivity contribution is 0.0922. The number of nitrogens with zero attached hydrogens (tertiary/aromatic N) is 3. The van der Waals surface area contributed by atoms with Gasteiger partial charge in [0.2, 0.25) is 0 Å². The Labute approximate surface area is 147 Å². The Kier molecular flexibility index (Phi) is 5.18. The number of hydrogen-bond donors (Lipinski definition) is 1. The van der Waals surface area contributed by atoms with Gasteiger partial charge in [0.1, 0.15) is 0 Å². The molecule has 25 heavy (non-hydrogen) atoms. The van der Waals surface area contributed by atoms with Crippen LogP contribution in [0.25, 0.3) is 10.8 Å². The van der Waals surface area contributed by atoms with Crippen molar-refractivity contribution in [3.8, 4) is 0 Å². The number of nitrogens with one attached hydrogen (secondary N) is 1. The minimum Gasteiger partial charge on any atom is -0.349 e. The Morgan fingerprint density at radius 3 is 2.48 bits per heavy atom. The number of benzene rings is 1. The molecular weight excluding hydrogens is 316 g/mol. The van der Waals surface area contributed by atoms with Crippen molar-refractivity contribution in [1.82, 2.24) is 20.0 Å². The highest BCUT2D eigenvalue weighted by Crippen LogP contribution is 2.18. The van der Waals surface area contributed by atoms with E-state index in [9.17, 15) is 9.59 Å². The quantitative estimate of drug-likeness (QED) is 0.899. The maximum absolute atomic E-state index is 12.8. The molecule has 6 nitrogen and oxygen atoms in total. The third-order valence-corrected chi connectivity index (χ3v) is 5.02. The number of likely N-dealkylation sites (tertiary alicyclic amines) is 1. The van der Waals surface area contributed by atoms with E-state index in [1.807, 2.05) is 6.07 Å². The van der Waals surface area contributed by atoms with Crippen LogP contribution in [0.3, 0.4) is 0 Å². The van der Waals surface area contributed by atoms with Gasteiger partial charge in [0.25, 0.3) is 11.5 Å². The lowest BCUT2D eigenvalue weighted by Crippen LogP contribution is -2.46. The first kappa shape index (κ1) is 17.6. The van der Waals surface area contributed by atoms with Crippen LogP contribution in [-0.2, 0) is 7.05 Å². The summed E-state index contributed by atoms with van der Waals surface area (Å²) in [5.74, 6) is 0.236. The molecule has 1 amide bonds. The summed E-state index contributed by atoms with van der Waals surface area (Å²) in [6.45, 7) is 7.17. The summed E-state index contributed by atoms with van der Waals surface area (Å²) in [5.41, 5.74) is 0.117. The summed E-state index contributed by atoms with van der Waals surface area (Å²) in [5, 5.41) is 8.36. The molecule has 1 aromatic carbocycles. The van der Waals surface area contributed by atoms with Gasteiger partial charge in [-0.1, -0.05) is 32.0 Å². The van der Waals surface area contributed by atoms with Gasteiger partial charge in [-0.05, 0) is 37.9 Å². The van der Waals surface area contributed by atoms with E-state index >= 15 is 0 Å². The van der Waals surface area contributed by atoms with Crippen molar-refractivity contribution in [1.29, 1.82) is 0 Å². The number of carbonyl (C=O) groups is 1. The number of rotatable bonds is 5. The highest BCUT2D eigenvalue weighted by Gasteiger charge is 2.25. The smallest absolute Gasteiger partial charge is 0.274 e. The molecule has 1 aliphatic rings. The summed E-state index contributed by atoms with van der Waals surface area (Å²) in [6, 6.07) is 7.45. The number of aryl methyl sites for hydroxylation is 1. The Morgan fingerprint density at radius 1 is 1.20 bits per heavy atom. The summed E-state index contributed by atoms with van der Waals surface area (Å²) in [7, 11) is 1.58.